The normalized spacial score (nSPS) is 11.0. The predicted octanol–water partition coefficient (Wildman–Crippen LogP) is 4.93. The molecule has 0 unspecified atom stereocenters. The molecule has 146 valence electrons. The molecule has 0 bridgehead atoms. The van der Waals surface area contributed by atoms with Gasteiger partial charge in [-0.2, -0.15) is 0 Å². The van der Waals surface area contributed by atoms with E-state index in [-0.39, 0.29) is 18.0 Å². The Morgan fingerprint density at radius 2 is 2.03 bits per heavy atom. The van der Waals surface area contributed by atoms with Gasteiger partial charge in [-0.1, -0.05) is 29.8 Å². The van der Waals surface area contributed by atoms with Crippen molar-refractivity contribution in [1.29, 1.82) is 0 Å². The Bertz CT molecular complexity index is 1280. The van der Waals surface area contributed by atoms with Crippen LogP contribution in [-0.2, 0) is 6.54 Å². The number of fused-ring (bicyclic) bond motifs is 1. The largest absolute Gasteiger partial charge is 0.319 e. The minimum atomic E-state index is -0.505. The van der Waals surface area contributed by atoms with Gasteiger partial charge < -0.3 is 9.88 Å². The molecule has 0 spiro atoms. The van der Waals surface area contributed by atoms with E-state index in [0.717, 1.165) is 0 Å². The average molecular weight is 428 g/mol. The second-order valence-corrected chi connectivity index (χ2v) is 7.76. The standard InChI is InChI=1S/C21H15ClFN3O2S/c1-12-19(29-11-24-12)21(28)26(16-6-3-5-15(22)9-16)10-14-8-13-4-2-7-17(23)18(13)25-20(14)27/h2-9,11H,10H2,1H3,(H,25,27). The number of nitrogens with one attached hydrogen (secondary N) is 1. The van der Waals surface area contributed by atoms with Crippen molar-refractivity contribution in [2.45, 2.75) is 13.5 Å². The van der Waals surface area contributed by atoms with Crippen molar-refractivity contribution in [3.63, 3.8) is 0 Å². The van der Waals surface area contributed by atoms with E-state index >= 15 is 0 Å². The van der Waals surface area contributed by atoms with Gasteiger partial charge >= 0.3 is 0 Å². The summed E-state index contributed by atoms with van der Waals surface area (Å²) >= 11 is 7.36. The monoisotopic (exact) mass is 427 g/mol. The molecule has 4 rings (SSSR count). The number of amides is 1. The third-order valence-corrected chi connectivity index (χ3v) is 5.69. The fraction of sp³-hybridized carbons (Fsp3) is 0.0952. The maximum absolute atomic E-state index is 14.0. The lowest BCUT2D eigenvalue weighted by Gasteiger charge is -2.23. The molecule has 0 radical (unpaired) electrons. The number of carbonyl (C=O) groups excluding carboxylic acids is 1. The number of thiazole rings is 1. The number of aromatic amines is 1. The number of halogens is 2. The first-order valence-electron chi connectivity index (χ1n) is 8.72. The van der Waals surface area contributed by atoms with E-state index in [9.17, 15) is 14.0 Å². The van der Waals surface area contributed by atoms with Crippen LogP contribution in [0.1, 0.15) is 20.9 Å². The van der Waals surface area contributed by atoms with Crippen LogP contribution in [0.25, 0.3) is 10.9 Å². The van der Waals surface area contributed by atoms with Gasteiger partial charge in [-0.25, -0.2) is 9.37 Å². The number of hydrogen-bond donors (Lipinski definition) is 1. The SMILES string of the molecule is Cc1ncsc1C(=O)N(Cc1cc2cccc(F)c2[nH]c1=O)c1cccc(Cl)c1. The summed E-state index contributed by atoms with van der Waals surface area (Å²) in [5, 5.41) is 1.02. The highest BCUT2D eigenvalue weighted by molar-refractivity contribution is 7.12. The summed E-state index contributed by atoms with van der Waals surface area (Å²) in [4.78, 5) is 34.5. The van der Waals surface area contributed by atoms with Gasteiger partial charge in [0, 0.05) is 21.7 Å². The van der Waals surface area contributed by atoms with Crippen molar-refractivity contribution in [3.05, 3.63) is 91.4 Å². The molecule has 4 aromatic rings. The minimum Gasteiger partial charge on any atom is -0.319 e. The number of para-hydroxylation sites is 1. The van der Waals surface area contributed by atoms with Gasteiger partial charge in [0.15, 0.2) is 0 Å². The van der Waals surface area contributed by atoms with Crippen LogP contribution >= 0.6 is 22.9 Å². The molecular formula is C21H15ClFN3O2S. The number of pyridine rings is 1. The molecule has 0 saturated carbocycles. The van der Waals surface area contributed by atoms with Gasteiger partial charge in [0.2, 0.25) is 0 Å². The molecular weight excluding hydrogens is 413 g/mol. The molecule has 0 aliphatic heterocycles. The molecule has 0 fully saturated rings. The maximum Gasteiger partial charge on any atom is 0.270 e. The number of hydrogen-bond acceptors (Lipinski definition) is 4. The third kappa shape index (κ3) is 3.79. The number of benzene rings is 2. The molecule has 5 nitrogen and oxygen atoms in total. The fourth-order valence-corrected chi connectivity index (χ4v) is 4.02. The molecule has 0 saturated heterocycles. The number of aromatic nitrogens is 2. The van der Waals surface area contributed by atoms with E-state index in [4.69, 9.17) is 11.6 Å². The van der Waals surface area contributed by atoms with Crippen molar-refractivity contribution in [2.24, 2.45) is 0 Å². The van der Waals surface area contributed by atoms with Crippen molar-refractivity contribution in [1.82, 2.24) is 9.97 Å². The Hall–Kier alpha value is -3.03. The molecule has 0 aliphatic rings. The van der Waals surface area contributed by atoms with Crippen molar-refractivity contribution in [3.8, 4) is 0 Å². The van der Waals surface area contributed by atoms with E-state index in [1.54, 1.807) is 54.9 Å². The first kappa shape index (κ1) is 19.3. The first-order valence-corrected chi connectivity index (χ1v) is 9.98. The molecule has 29 heavy (non-hydrogen) atoms. The number of anilines is 1. The number of H-pyrrole nitrogens is 1. The van der Waals surface area contributed by atoms with Crippen LogP contribution in [0.15, 0.2) is 58.8 Å². The second-order valence-electron chi connectivity index (χ2n) is 6.47. The Morgan fingerprint density at radius 3 is 2.76 bits per heavy atom. The van der Waals surface area contributed by atoms with Gasteiger partial charge in [0.1, 0.15) is 10.7 Å². The zero-order chi connectivity index (χ0) is 20.5. The van der Waals surface area contributed by atoms with Gasteiger partial charge in [-0.15, -0.1) is 11.3 Å². The highest BCUT2D eigenvalue weighted by Crippen LogP contribution is 2.26. The summed E-state index contributed by atoms with van der Waals surface area (Å²) < 4.78 is 14.0. The number of carbonyl (C=O) groups is 1. The van der Waals surface area contributed by atoms with E-state index in [0.29, 0.717) is 32.2 Å². The van der Waals surface area contributed by atoms with Crippen LogP contribution < -0.4 is 10.5 Å². The molecule has 2 heterocycles. The average Bonchev–Trinajstić information content (AvgIpc) is 3.12. The summed E-state index contributed by atoms with van der Waals surface area (Å²) in [5.41, 5.74) is 2.78. The minimum absolute atomic E-state index is 0.00168. The molecule has 0 aliphatic carbocycles. The Balaban J connectivity index is 1.81. The molecule has 1 amide bonds. The first-order chi connectivity index (χ1) is 13.9. The van der Waals surface area contributed by atoms with Gasteiger partial charge in [0.05, 0.1) is 23.3 Å². The van der Waals surface area contributed by atoms with E-state index < -0.39 is 11.4 Å². The molecule has 0 atom stereocenters. The molecule has 2 aromatic heterocycles. The van der Waals surface area contributed by atoms with Crippen molar-refractivity contribution >= 4 is 45.4 Å². The highest BCUT2D eigenvalue weighted by atomic mass is 35.5. The zero-order valence-corrected chi connectivity index (χ0v) is 16.9. The third-order valence-electron chi connectivity index (χ3n) is 4.54. The molecule has 8 heteroatoms. The summed E-state index contributed by atoms with van der Waals surface area (Å²) in [6, 6.07) is 13.0. The Kier molecular flexibility index (Phi) is 5.17. The topological polar surface area (TPSA) is 66.1 Å². The van der Waals surface area contributed by atoms with Crippen LogP contribution in [0, 0.1) is 12.7 Å². The van der Waals surface area contributed by atoms with Gasteiger partial charge in [-0.3, -0.25) is 9.59 Å². The highest BCUT2D eigenvalue weighted by Gasteiger charge is 2.23. The number of rotatable bonds is 4. The molecule has 1 N–H and O–H groups in total. The fourth-order valence-electron chi connectivity index (χ4n) is 3.08. The Labute approximate surface area is 174 Å². The molecule has 2 aromatic carbocycles. The lowest BCUT2D eigenvalue weighted by molar-refractivity contribution is 0.0988. The van der Waals surface area contributed by atoms with E-state index in [1.165, 1.54) is 22.3 Å². The van der Waals surface area contributed by atoms with Crippen LogP contribution in [0.4, 0.5) is 10.1 Å². The maximum atomic E-state index is 14.0. The predicted molar refractivity (Wildman–Crippen MR) is 113 cm³/mol. The second kappa shape index (κ2) is 7.77. The summed E-state index contributed by atoms with van der Waals surface area (Å²) in [5.74, 6) is -0.791. The number of nitrogens with zero attached hydrogens (tertiary/aromatic N) is 2. The summed E-state index contributed by atoms with van der Waals surface area (Å²) in [6.07, 6.45) is 0. The smallest absolute Gasteiger partial charge is 0.270 e. The van der Waals surface area contributed by atoms with Gasteiger partial charge in [0.25, 0.3) is 11.5 Å². The van der Waals surface area contributed by atoms with E-state index in [2.05, 4.69) is 9.97 Å². The van der Waals surface area contributed by atoms with Gasteiger partial charge in [-0.05, 0) is 37.3 Å². The van der Waals surface area contributed by atoms with Crippen LogP contribution in [0.3, 0.4) is 0 Å². The van der Waals surface area contributed by atoms with Crippen LogP contribution in [-0.4, -0.2) is 15.9 Å². The van der Waals surface area contributed by atoms with Crippen LogP contribution in [0.2, 0.25) is 5.02 Å². The summed E-state index contributed by atoms with van der Waals surface area (Å²) in [7, 11) is 0. The van der Waals surface area contributed by atoms with E-state index in [1.807, 2.05) is 0 Å². The van der Waals surface area contributed by atoms with Crippen molar-refractivity contribution in [2.75, 3.05) is 4.90 Å². The quantitative estimate of drug-likeness (QED) is 0.502. The zero-order valence-electron chi connectivity index (χ0n) is 15.3. The van der Waals surface area contributed by atoms with Crippen molar-refractivity contribution < 1.29 is 9.18 Å². The Morgan fingerprint density at radius 1 is 1.24 bits per heavy atom. The lowest BCUT2D eigenvalue weighted by atomic mass is 10.1. The number of aryl methyl sites for hydroxylation is 1. The lowest BCUT2D eigenvalue weighted by Crippen LogP contribution is -2.32. The summed E-state index contributed by atoms with van der Waals surface area (Å²) in [6.45, 7) is 1.75. The van der Waals surface area contributed by atoms with Crippen LogP contribution in [0.5, 0.6) is 0 Å².